The van der Waals surface area contributed by atoms with Gasteiger partial charge in [0.15, 0.2) is 0 Å². The Morgan fingerprint density at radius 2 is 1.92 bits per heavy atom. The molecule has 0 radical (unpaired) electrons. The molecular weight excluding hydrogens is 313 g/mol. The van der Waals surface area contributed by atoms with E-state index in [-0.39, 0.29) is 24.5 Å². The van der Waals surface area contributed by atoms with Gasteiger partial charge in [0.1, 0.15) is 5.75 Å². The highest BCUT2D eigenvalue weighted by Gasteiger charge is 2.30. The maximum Gasteiger partial charge on any atom is 0.478 e. The zero-order valence-corrected chi connectivity index (χ0v) is 13.9. The lowest BCUT2D eigenvalue weighted by molar-refractivity contribution is -0.139. The van der Waals surface area contributed by atoms with Gasteiger partial charge in [-0.05, 0) is 18.9 Å². The molecule has 0 aromatic heterocycles. The molecule has 0 saturated carbocycles. The second-order valence-corrected chi connectivity index (χ2v) is 5.54. The molecule has 0 aliphatic carbocycles. The summed E-state index contributed by atoms with van der Waals surface area (Å²) in [5.41, 5.74) is 0.484. The highest BCUT2D eigenvalue weighted by atomic mass is 16.5. The number of hydrogen-bond donors (Lipinski definition) is 4. The normalized spacial score (nSPS) is 13.1. The van der Waals surface area contributed by atoms with Gasteiger partial charge in [-0.25, -0.2) is 0 Å². The van der Waals surface area contributed by atoms with Gasteiger partial charge in [-0.1, -0.05) is 32.0 Å². The Kier molecular flexibility index (Phi) is 8.28. The minimum absolute atomic E-state index is 0.0256. The van der Waals surface area contributed by atoms with Crippen LogP contribution in [0.15, 0.2) is 24.3 Å². The maximum atomic E-state index is 12.1. The van der Waals surface area contributed by atoms with E-state index in [1.165, 1.54) is 6.07 Å². The van der Waals surface area contributed by atoms with E-state index >= 15 is 0 Å². The van der Waals surface area contributed by atoms with Gasteiger partial charge in [-0.15, -0.1) is 0 Å². The van der Waals surface area contributed by atoms with E-state index in [4.69, 9.17) is 9.76 Å². The van der Waals surface area contributed by atoms with Gasteiger partial charge in [0.25, 0.3) is 0 Å². The average molecular weight is 337 g/mol. The summed E-state index contributed by atoms with van der Waals surface area (Å²) in [5, 5.41) is 31.3. The number of rotatable bonds is 10. The number of aliphatic carboxylic acids is 1. The van der Waals surface area contributed by atoms with Gasteiger partial charge in [0.05, 0.1) is 24.9 Å². The first-order valence-corrected chi connectivity index (χ1v) is 7.98. The molecule has 1 aromatic carbocycles. The van der Waals surface area contributed by atoms with Crippen molar-refractivity contribution in [3.8, 4) is 5.75 Å². The third-order valence-electron chi connectivity index (χ3n) is 3.66. The van der Waals surface area contributed by atoms with Crippen molar-refractivity contribution in [2.24, 2.45) is 0 Å². The number of aromatic hydroxyl groups is 1. The molecule has 24 heavy (non-hydrogen) atoms. The lowest BCUT2D eigenvalue weighted by Crippen LogP contribution is -2.49. The topological polar surface area (TPSA) is 116 Å². The first-order valence-electron chi connectivity index (χ1n) is 7.98. The third-order valence-corrected chi connectivity index (χ3v) is 3.66. The second kappa shape index (κ2) is 9.94. The zero-order chi connectivity index (χ0) is 18.1. The van der Waals surface area contributed by atoms with Crippen molar-refractivity contribution in [3.05, 3.63) is 29.8 Å². The van der Waals surface area contributed by atoms with Gasteiger partial charge in [0, 0.05) is 5.56 Å². The molecule has 7 nitrogen and oxygen atoms in total. The van der Waals surface area contributed by atoms with Crippen LogP contribution in [-0.2, 0) is 20.7 Å². The van der Waals surface area contributed by atoms with Crippen LogP contribution < -0.4 is 5.32 Å². The van der Waals surface area contributed by atoms with Gasteiger partial charge in [-0.3, -0.25) is 9.59 Å². The molecule has 0 aliphatic heterocycles. The van der Waals surface area contributed by atoms with Crippen molar-refractivity contribution in [1.29, 1.82) is 0 Å². The van der Waals surface area contributed by atoms with Crippen LogP contribution in [0.3, 0.4) is 0 Å². The van der Waals surface area contributed by atoms with Crippen LogP contribution in [-0.4, -0.2) is 46.3 Å². The molecule has 0 bridgehead atoms. The van der Waals surface area contributed by atoms with E-state index < -0.39 is 25.1 Å². The van der Waals surface area contributed by atoms with Crippen molar-refractivity contribution in [2.75, 3.05) is 0 Å². The Labute approximate surface area is 141 Å². The summed E-state index contributed by atoms with van der Waals surface area (Å²) in [5.74, 6) is -2.00. The lowest BCUT2D eigenvalue weighted by Gasteiger charge is -2.23. The smallest absolute Gasteiger partial charge is 0.478 e. The van der Waals surface area contributed by atoms with E-state index in [0.717, 1.165) is 0 Å². The summed E-state index contributed by atoms with van der Waals surface area (Å²) >= 11 is 0. The Morgan fingerprint density at radius 1 is 1.25 bits per heavy atom. The Bertz CT molecular complexity index is 553. The van der Waals surface area contributed by atoms with Crippen molar-refractivity contribution >= 4 is 19.0 Å². The summed E-state index contributed by atoms with van der Waals surface area (Å²) in [4.78, 5) is 22.8. The molecular formula is C16H24BNO6. The number of carbonyl (C=O) groups is 2. The van der Waals surface area contributed by atoms with Crippen LogP contribution in [0, 0.1) is 0 Å². The Balaban J connectivity index is 2.60. The fourth-order valence-corrected chi connectivity index (χ4v) is 2.24. The van der Waals surface area contributed by atoms with Crippen LogP contribution in [0.1, 0.15) is 38.7 Å². The maximum absolute atomic E-state index is 12.1. The molecule has 0 spiro atoms. The summed E-state index contributed by atoms with van der Waals surface area (Å²) < 4.78 is 5.35. The molecule has 0 saturated heterocycles. The van der Waals surface area contributed by atoms with E-state index in [1.807, 2.05) is 0 Å². The number of amides is 1. The van der Waals surface area contributed by atoms with Gasteiger partial charge in [-0.2, -0.15) is 0 Å². The molecule has 0 heterocycles. The average Bonchev–Trinajstić information content (AvgIpc) is 2.53. The van der Waals surface area contributed by atoms with Crippen LogP contribution in [0.2, 0.25) is 0 Å². The second-order valence-electron chi connectivity index (χ2n) is 5.54. The number of benzene rings is 1. The quantitative estimate of drug-likeness (QED) is 0.476. The third kappa shape index (κ3) is 6.60. The number of nitrogens with one attached hydrogen (secondary N) is 1. The summed E-state index contributed by atoms with van der Waals surface area (Å²) in [6.45, 7) is 3.54. The van der Waals surface area contributed by atoms with Crippen molar-refractivity contribution in [3.63, 3.8) is 0 Å². The predicted octanol–water partition coefficient (Wildman–Crippen LogP) is 1.12. The van der Waals surface area contributed by atoms with E-state index in [0.29, 0.717) is 18.4 Å². The van der Waals surface area contributed by atoms with Crippen LogP contribution in [0.25, 0.3) is 0 Å². The molecule has 1 amide bonds. The zero-order valence-electron chi connectivity index (χ0n) is 13.9. The van der Waals surface area contributed by atoms with E-state index in [1.54, 1.807) is 32.0 Å². The summed E-state index contributed by atoms with van der Waals surface area (Å²) in [7, 11) is -1.30. The minimum atomic E-state index is -1.30. The highest BCUT2D eigenvalue weighted by molar-refractivity contribution is 6.45. The van der Waals surface area contributed by atoms with Crippen molar-refractivity contribution in [1.82, 2.24) is 5.32 Å². The summed E-state index contributed by atoms with van der Waals surface area (Å²) in [6.07, 6.45) is -0.0115. The van der Waals surface area contributed by atoms with Crippen LogP contribution >= 0.6 is 0 Å². The summed E-state index contributed by atoms with van der Waals surface area (Å²) in [6, 6.07) is 6.52. The first-order chi connectivity index (χ1) is 11.4. The fourth-order valence-electron chi connectivity index (χ4n) is 2.24. The number of para-hydroxylation sites is 1. The molecule has 0 fully saturated rings. The van der Waals surface area contributed by atoms with Gasteiger partial charge >= 0.3 is 13.1 Å². The first kappa shape index (κ1) is 20.0. The van der Waals surface area contributed by atoms with Crippen LogP contribution in [0.5, 0.6) is 5.75 Å². The Morgan fingerprint density at radius 3 is 2.46 bits per heavy atom. The Hall–Kier alpha value is -2.06. The van der Waals surface area contributed by atoms with E-state index in [9.17, 15) is 19.7 Å². The number of hydrogen-bond acceptors (Lipinski definition) is 5. The number of carboxylic acids is 1. The molecule has 8 heteroatoms. The molecule has 1 rings (SSSR count). The van der Waals surface area contributed by atoms with Crippen molar-refractivity contribution in [2.45, 2.75) is 51.6 Å². The fraction of sp³-hybridized carbons (Fsp3) is 0.500. The largest absolute Gasteiger partial charge is 0.508 e. The number of phenols is 1. The lowest BCUT2D eigenvalue weighted by atomic mass is 9.76. The molecule has 2 atom stereocenters. The molecule has 0 aliphatic rings. The van der Waals surface area contributed by atoms with Gasteiger partial charge < -0.3 is 25.2 Å². The predicted molar refractivity (Wildman–Crippen MR) is 89.4 cm³/mol. The monoisotopic (exact) mass is 337 g/mol. The molecule has 0 unspecified atom stereocenters. The number of carbonyl (C=O) groups excluding carboxylic acids is 1. The van der Waals surface area contributed by atoms with E-state index in [2.05, 4.69) is 5.32 Å². The number of phenolic OH excluding ortho intramolecular Hbond substituents is 1. The minimum Gasteiger partial charge on any atom is -0.508 e. The van der Waals surface area contributed by atoms with Crippen molar-refractivity contribution < 1.29 is 29.5 Å². The van der Waals surface area contributed by atoms with Gasteiger partial charge in [0.2, 0.25) is 5.91 Å². The SMILES string of the molecule is CC[C@H](CC(=O)O)OB(O)[C@H](CC)NC(=O)Cc1ccccc1O. The highest BCUT2D eigenvalue weighted by Crippen LogP contribution is 2.16. The molecule has 4 N–H and O–H groups in total. The molecule has 132 valence electrons. The molecule has 1 aromatic rings. The van der Waals surface area contributed by atoms with Crippen LogP contribution in [0.4, 0.5) is 0 Å². The number of carboxylic acid groups (broad SMARTS) is 1. The standard InChI is InChI=1S/C16H24BNO6/c1-3-12(10-16(21)22)24-17(23)14(4-2)18-15(20)9-11-7-5-6-8-13(11)19/h5-8,12,14,19,23H,3-4,9-10H2,1-2H3,(H,18,20)(H,21,22)/t12-,14+/m1/s1.